The molecule has 1 rings (SSSR count). The average molecular weight is 290 g/mol. The van der Waals surface area contributed by atoms with E-state index in [0.717, 1.165) is 31.3 Å². The zero-order valence-corrected chi connectivity index (χ0v) is 12.5. The Morgan fingerprint density at radius 2 is 1.79 bits per heavy atom. The zero-order valence-electron chi connectivity index (χ0n) is 11.6. The molecule has 0 aromatic heterocycles. The lowest BCUT2D eigenvalue weighted by molar-refractivity contribution is -0.136. The second kappa shape index (κ2) is 7.83. The third-order valence-electron chi connectivity index (χ3n) is 3.10. The molecule has 110 valence electrons. The second-order valence-electron chi connectivity index (χ2n) is 4.54. The SMILES string of the molecule is CCOP(=O)(OCC)C(C=C1CCCCC1)C(=O)O. The third kappa shape index (κ3) is 4.75. The molecule has 1 atom stereocenters. The van der Waals surface area contributed by atoms with Gasteiger partial charge in [0.25, 0.3) is 0 Å². The molecule has 0 amide bonds. The summed E-state index contributed by atoms with van der Waals surface area (Å²) in [5.74, 6) is -1.15. The van der Waals surface area contributed by atoms with E-state index in [0.29, 0.717) is 0 Å². The average Bonchev–Trinajstić information content (AvgIpc) is 2.37. The van der Waals surface area contributed by atoms with Gasteiger partial charge in [-0.3, -0.25) is 9.36 Å². The lowest BCUT2D eigenvalue weighted by Gasteiger charge is -2.23. The van der Waals surface area contributed by atoms with Crippen molar-refractivity contribution in [2.75, 3.05) is 13.2 Å². The van der Waals surface area contributed by atoms with Gasteiger partial charge in [-0.15, -0.1) is 0 Å². The predicted octanol–water partition coefficient (Wildman–Crippen LogP) is 3.60. The number of hydrogen-bond acceptors (Lipinski definition) is 4. The Morgan fingerprint density at radius 3 is 2.21 bits per heavy atom. The van der Waals surface area contributed by atoms with Crippen LogP contribution in [0.15, 0.2) is 11.6 Å². The van der Waals surface area contributed by atoms with E-state index in [1.165, 1.54) is 6.42 Å². The van der Waals surface area contributed by atoms with Crippen LogP contribution >= 0.6 is 7.60 Å². The van der Waals surface area contributed by atoms with E-state index in [2.05, 4.69) is 0 Å². The molecule has 1 aliphatic rings. The van der Waals surface area contributed by atoms with Crippen LogP contribution in [0, 0.1) is 0 Å². The van der Waals surface area contributed by atoms with Crippen LogP contribution in [0.3, 0.4) is 0 Å². The molecule has 6 heteroatoms. The first-order chi connectivity index (χ1) is 9.03. The summed E-state index contributed by atoms with van der Waals surface area (Å²) in [5, 5.41) is 9.32. The van der Waals surface area contributed by atoms with E-state index in [1.54, 1.807) is 19.9 Å². The highest BCUT2D eigenvalue weighted by Gasteiger charge is 2.40. The molecule has 1 unspecified atom stereocenters. The first-order valence-electron chi connectivity index (χ1n) is 6.84. The summed E-state index contributed by atoms with van der Waals surface area (Å²) in [5.41, 5.74) is -0.140. The van der Waals surface area contributed by atoms with Crippen molar-refractivity contribution in [3.8, 4) is 0 Å². The Kier molecular flexibility index (Phi) is 6.76. The Balaban J connectivity index is 2.96. The molecule has 1 saturated carbocycles. The highest BCUT2D eigenvalue weighted by molar-refractivity contribution is 7.56. The van der Waals surface area contributed by atoms with Crippen molar-refractivity contribution in [2.45, 2.75) is 51.6 Å². The van der Waals surface area contributed by atoms with Gasteiger partial charge in [0.2, 0.25) is 0 Å². The van der Waals surface area contributed by atoms with Gasteiger partial charge >= 0.3 is 13.6 Å². The lowest BCUT2D eigenvalue weighted by Crippen LogP contribution is -2.22. The molecular formula is C13H23O5P. The molecule has 0 radical (unpaired) electrons. The van der Waals surface area contributed by atoms with Gasteiger partial charge in [0, 0.05) is 0 Å². The van der Waals surface area contributed by atoms with Crippen LogP contribution < -0.4 is 0 Å². The minimum atomic E-state index is -3.63. The van der Waals surface area contributed by atoms with Crippen molar-refractivity contribution in [1.82, 2.24) is 0 Å². The first-order valence-corrected chi connectivity index (χ1v) is 8.45. The van der Waals surface area contributed by atoms with Crippen LogP contribution in [-0.2, 0) is 18.4 Å². The molecule has 0 bridgehead atoms. The number of carboxylic acid groups (broad SMARTS) is 1. The molecule has 0 aromatic rings. The standard InChI is InChI=1S/C13H23O5P/c1-3-17-19(16,18-4-2)12(13(14)15)10-11-8-6-5-7-9-11/h10,12H,3-9H2,1-2H3,(H,14,15). The molecule has 0 aromatic carbocycles. The number of rotatable bonds is 7. The van der Waals surface area contributed by atoms with Crippen LogP contribution in [0.5, 0.6) is 0 Å². The summed E-state index contributed by atoms with van der Waals surface area (Å²) in [6.07, 6.45) is 6.64. The Labute approximate surface area is 114 Å². The van der Waals surface area contributed by atoms with Crippen molar-refractivity contribution in [3.05, 3.63) is 11.6 Å². The van der Waals surface area contributed by atoms with Gasteiger partial charge in [-0.1, -0.05) is 18.1 Å². The largest absolute Gasteiger partial charge is 0.480 e. The fraction of sp³-hybridized carbons (Fsp3) is 0.769. The van der Waals surface area contributed by atoms with Gasteiger partial charge in [0.15, 0.2) is 5.66 Å². The Morgan fingerprint density at radius 1 is 1.26 bits per heavy atom. The van der Waals surface area contributed by atoms with Crippen molar-refractivity contribution in [2.24, 2.45) is 0 Å². The van der Waals surface area contributed by atoms with Crippen LogP contribution in [0.25, 0.3) is 0 Å². The van der Waals surface area contributed by atoms with E-state index in [9.17, 15) is 14.5 Å². The summed E-state index contributed by atoms with van der Waals surface area (Å²) in [6.45, 7) is 3.70. The highest BCUT2D eigenvalue weighted by Crippen LogP contribution is 2.54. The van der Waals surface area contributed by atoms with E-state index in [1.807, 2.05) is 0 Å². The van der Waals surface area contributed by atoms with E-state index < -0.39 is 19.2 Å². The van der Waals surface area contributed by atoms with Crippen molar-refractivity contribution in [1.29, 1.82) is 0 Å². The maximum atomic E-state index is 12.6. The smallest absolute Gasteiger partial charge is 0.348 e. The number of hydrogen-bond donors (Lipinski definition) is 1. The molecule has 0 aliphatic heterocycles. The number of aliphatic carboxylic acids is 1. The molecule has 1 aliphatic carbocycles. The van der Waals surface area contributed by atoms with Crippen LogP contribution in [0.4, 0.5) is 0 Å². The topological polar surface area (TPSA) is 72.8 Å². The third-order valence-corrected chi connectivity index (χ3v) is 5.39. The summed E-state index contributed by atoms with van der Waals surface area (Å²) < 4.78 is 22.8. The number of carboxylic acids is 1. The van der Waals surface area contributed by atoms with Crippen molar-refractivity contribution >= 4 is 13.6 Å². The van der Waals surface area contributed by atoms with E-state index >= 15 is 0 Å². The zero-order chi connectivity index (χ0) is 14.3. The maximum absolute atomic E-state index is 12.6. The molecule has 0 spiro atoms. The fourth-order valence-electron chi connectivity index (χ4n) is 2.25. The second-order valence-corrected chi connectivity index (χ2v) is 6.70. The van der Waals surface area contributed by atoms with Crippen molar-refractivity contribution in [3.63, 3.8) is 0 Å². The van der Waals surface area contributed by atoms with Crippen molar-refractivity contribution < 1.29 is 23.5 Å². The highest BCUT2D eigenvalue weighted by atomic mass is 31.2. The van der Waals surface area contributed by atoms with Crippen LogP contribution in [0.1, 0.15) is 46.0 Å². The maximum Gasteiger partial charge on any atom is 0.348 e. The Bertz CT molecular complexity index is 359. The summed E-state index contributed by atoms with van der Waals surface area (Å²) in [4.78, 5) is 11.4. The van der Waals surface area contributed by atoms with E-state index in [-0.39, 0.29) is 13.2 Å². The van der Waals surface area contributed by atoms with Gasteiger partial charge in [0.1, 0.15) is 0 Å². The minimum Gasteiger partial charge on any atom is -0.480 e. The molecule has 5 nitrogen and oxygen atoms in total. The van der Waals surface area contributed by atoms with Crippen LogP contribution in [0.2, 0.25) is 0 Å². The summed E-state index contributed by atoms with van der Waals surface area (Å²) >= 11 is 0. The minimum absolute atomic E-state index is 0.171. The van der Waals surface area contributed by atoms with Gasteiger partial charge in [-0.05, 0) is 39.5 Å². The molecule has 0 saturated heterocycles. The van der Waals surface area contributed by atoms with Gasteiger partial charge < -0.3 is 14.2 Å². The quantitative estimate of drug-likeness (QED) is 0.573. The van der Waals surface area contributed by atoms with Crippen LogP contribution in [-0.4, -0.2) is 29.9 Å². The van der Waals surface area contributed by atoms with Gasteiger partial charge in [-0.2, -0.15) is 0 Å². The van der Waals surface area contributed by atoms with Gasteiger partial charge in [-0.25, -0.2) is 0 Å². The predicted molar refractivity (Wildman–Crippen MR) is 73.5 cm³/mol. The molecular weight excluding hydrogens is 267 g/mol. The first kappa shape index (κ1) is 16.4. The van der Waals surface area contributed by atoms with E-state index in [4.69, 9.17) is 9.05 Å². The number of carbonyl (C=O) groups is 1. The molecule has 0 heterocycles. The molecule has 1 N–H and O–H groups in total. The summed E-state index contributed by atoms with van der Waals surface area (Å²) in [6, 6.07) is 0. The molecule has 1 fully saturated rings. The number of allylic oxidation sites excluding steroid dienone is 1. The normalized spacial score (nSPS) is 18.1. The molecule has 19 heavy (non-hydrogen) atoms. The van der Waals surface area contributed by atoms with Gasteiger partial charge in [0.05, 0.1) is 13.2 Å². The lowest BCUT2D eigenvalue weighted by atomic mass is 9.94. The Hall–Kier alpha value is -0.640. The monoisotopic (exact) mass is 290 g/mol. The summed E-state index contributed by atoms with van der Waals surface area (Å²) in [7, 11) is -3.63. The fourth-order valence-corrected chi connectivity index (χ4v) is 4.03.